The topological polar surface area (TPSA) is 35.2 Å². The zero-order valence-electron chi connectivity index (χ0n) is 9.17. The summed E-state index contributed by atoms with van der Waals surface area (Å²) < 4.78 is 41.6. The van der Waals surface area contributed by atoms with Crippen LogP contribution in [0.25, 0.3) is 0 Å². The summed E-state index contributed by atoms with van der Waals surface area (Å²) in [6.07, 6.45) is -0.575. The number of hydrogen-bond donors (Lipinski definition) is 1. The van der Waals surface area contributed by atoms with E-state index in [2.05, 4.69) is 0 Å². The Bertz CT molecular complexity index is 244. The average molecular weight is 237 g/mol. The minimum absolute atomic E-state index is 0.127. The molecular weight excluding hydrogens is 219 g/mol. The van der Waals surface area contributed by atoms with Crippen molar-refractivity contribution in [3.8, 4) is 0 Å². The van der Waals surface area contributed by atoms with Crippen molar-refractivity contribution in [2.75, 3.05) is 0 Å². The Hall–Kier alpha value is -0.290. The van der Waals surface area contributed by atoms with Crippen molar-refractivity contribution < 1.29 is 17.9 Å². The fourth-order valence-electron chi connectivity index (χ4n) is 2.88. The molecule has 2 rings (SSSR count). The Balaban J connectivity index is 1.70. The summed E-state index contributed by atoms with van der Waals surface area (Å²) in [5.41, 5.74) is 5.95. The number of fused-ring (bicyclic) bond motifs is 2. The Labute approximate surface area is 93.3 Å². The van der Waals surface area contributed by atoms with Gasteiger partial charge in [0.25, 0.3) is 0 Å². The van der Waals surface area contributed by atoms with Crippen LogP contribution in [0, 0.1) is 5.92 Å². The summed E-state index contributed by atoms with van der Waals surface area (Å²) in [6, 6.07) is -0.127. The van der Waals surface area contributed by atoms with Crippen LogP contribution in [-0.4, -0.2) is 24.4 Å². The lowest BCUT2D eigenvalue weighted by Gasteiger charge is -2.25. The summed E-state index contributed by atoms with van der Waals surface area (Å²) >= 11 is 0. The highest BCUT2D eigenvalue weighted by atomic mass is 19.4. The van der Waals surface area contributed by atoms with Crippen molar-refractivity contribution in [1.82, 2.24) is 0 Å². The zero-order chi connectivity index (χ0) is 11.8. The molecule has 2 saturated heterocycles. The van der Waals surface area contributed by atoms with E-state index < -0.39 is 12.6 Å². The predicted octanol–water partition coefficient (Wildman–Crippen LogP) is 2.61. The van der Waals surface area contributed by atoms with Gasteiger partial charge in [-0.25, -0.2) is 0 Å². The first-order valence-electron chi connectivity index (χ1n) is 5.93. The van der Waals surface area contributed by atoms with Gasteiger partial charge in [-0.15, -0.1) is 0 Å². The monoisotopic (exact) mass is 237 g/mol. The third kappa shape index (κ3) is 2.88. The van der Waals surface area contributed by atoms with Crippen molar-refractivity contribution in [2.24, 2.45) is 11.7 Å². The molecule has 0 aromatic rings. The molecule has 2 nitrogen and oxygen atoms in total. The minimum Gasteiger partial charge on any atom is -0.375 e. The quantitative estimate of drug-likeness (QED) is 0.815. The van der Waals surface area contributed by atoms with Crippen LogP contribution in [-0.2, 0) is 4.74 Å². The molecule has 0 amide bonds. The van der Waals surface area contributed by atoms with Crippen LogP contribution in [0.4, 0.5) is 13.2 Å². The van der Waals surface area contributed by atoms with E-state index in [1.54, 1.807) is 0 Å². The van der Waals surface area contributed by atoms with Gasteiger partial charge in [0, 0.05) is 18.4 Å². The lowest BCUT2D eigenvalue weighted by molar-refractivity contribution is -0.135. The molecular formula is C11H18F3NO. The largest absolute Gasteiger partial charge is 0.389 e. The lowest BCUT2D eigenvalue weighted by Crippen LogP contribution is -2.36. The Kier molecular flexibility index (Phi) is 3.45. The Morgan fingerprint density at radius 3 is 2.56 bits per heavy atom. The van der Waals surface area contributed by atoms with Crippen molar-refractivity contribution in [3.63, 3.8) is 0 Å². The van der Waals surface area contributed by atoms with E-state index >= 15 is 0 Å². The van der Waals surface area contributed by atoms with E-state index in [0.29, 0.717) is 12.5 Å². The van der Waals surface area contributed by atoms with Gasteiger partial charge in [-0.05, 0) is 32.1 Å². The molecule has 16 heavy (non-hydrogen) atoms. The predicted molar refractivity (Wildman–Crippen MR) is 53.9 cm³/mol. The van der Waals surface area contributed by atoms with Crippen LogP contribution in [0.15, 0.2) is 0 Å². The molecule has 4 unspecified atom stereocenters. The molecule has 0 saturated carbocycles. The molecule has 0 radical (unpaired) electrons. The third-order valence-corrected chi connectivity index (χ3v) is 3.70. The highest BCUT2D eigenvalue weighted by Crippen LogP contribution is 2.40. The van der Waals surface area contributed by atoms with E-state index in [4.69, 9.17) is 10.5 Å². The number of halogens is 3. The highest BCUT2D eigenvalue weighted by Gasteiger charge is 2.43. The third-order valence-electron chi connectivity index (χ3n) is 3.70. The molecule has 2 heterocycles. The van der Waals surface area contributed by atoms with Crippen molar-refractivity contribution in [2.45, 2.75) is 63.0 Å². The van der Waals surface area contributed by atoms with Crippen LogP contribution in [0.5, 0.6) is 0 Å². The molecule has 94 valence electrons. The van der Waals surface area contributed by atoms with Crippen molar-refractivity contribution in [3.05, 3.63) is 0 Å². The van der Waals surface area contributed by atoms with Crippen molar-refractivity contribution in [1.29, 1.82) is 0 Å². The normalized spacial score (nSPS) is 35.6. The molecule has 4 atom stereocenters. The minimum atomic E-state index is -4.05. The molecule has 0 aliphatic carbocycles. The first-order valence-corrected chi connectivity index (χ1v) is 5.93. The molecule has 5 heteroatoms. The van der Waals surface area contributed by atoms with Crippen molar-refractivity contribution >= 4 is 0 Å². The standard InChI is InChI=1S/C11H18F3NO/c12-11(13,14)5-1-2-9(15)8-6-7-3-4-10(8)16-7/h7-10H,1-6,15H2. The van der Waals surface area contributed by atoms with Gasteiger partial charge < -0.3 is 10.5 Å². The summed E-state index contributed by atoms with van der Waals surface area (Å²) in [7, 11) is 0. The van der Waals surface area contributed by atoms with Crippen LogP contribution >= 0.6 is 0 Å². The van der Waals surface area contributed by atoms with Gasteiger partial charge in [0.1, 0.15) is 0 Å². The fraction of sp³-hybridized carbons (Fsp3) is 1.00. The smallest absolute Gasteiger partial charge is 0.375 e. The summed E-state index contributed by atoms with van der Waals surface area (Å²) in [5, 5.41) is 0. The lowest BCUT2D eigenvalue weighted by atomic mass is 9.82. The maximum Gasteiger partial charge on any atom is 0.389 e. The zero-order valence-corrected chi connectivity index (χ0v) is 9.17. The van der Waals surface area contributed by atoms with E-state index in [-0.39, 0.29) is 24.5 Å². The molecule has 2 bridgehead atoms. The van der Waals surface area contributed by atoms with Gasteiger partial charge in [0.05, 0.1) is 12.2 Å². The van der Waals surface area contributed by atoms with Crippen LogP contribution in [0.2, 0.25) is 0 Å². The molecule has 2 N–H and O–H groups in total. The number of alkyl halides is 3. The van der Waals surface area contributed by atoms with E-state index in [1.807, 2.05) is 0 Å². The second-order valence-corrected chi connectivity index (χ2v) is 4.94. The van der Waals surface area contributed by atoms with Gasteiger partial charge in [-0.1, -0.05) is 0 Å². The maximum atomic E-state index is 12.0. The molecule has 0 aromatic carbocycles. The SMILES string of the molecule is NC(CCCC(F)(F)F)C1CC2CCC1O2. The first kappa shape index (κ1) is 12.2. The summed E-state index contributed by atoms with van der Waals surface area (Å²) in [6.45, 7) is 0. The molecule has 0 spiro atoms. The summed E-state index contributed by atoms with van der Waals surface area (Å²) in [5.74, 6) is 0.284. The van der Waals surface area contributed by atoms with Gasteiger partial charge >= 0.3 is 6.18 Å². The number of rotatable bonds is 4. The van der Waals surface area contributed by atoms with Crippen LogP contribution < -0.4 is 5.73 Å². The molecule has 0 aromatic heterocycles. The second kappa shape index (κ2) is 4.53. The fourth-order valence-corrected chi connectivity index (χ4v) is 2.88. The number of ether oxygens (including phenoxy) is 1. The highest BCUT2D eigenvalue weighted by molar-refractivity contribution is 4.94. The van der Waals surface area contributed by atoms with Crippen LogP contribution in [0.1, 0.15) is 38.5 Å². The van der Waals surface area contributed by atoms with Crippen LogP contribution in [0.3, 0.4) is 0 Å². The van der Waals surface area contributed by atoms with Gasteiger partial charge in [-0.3, -0.25) is 0 Å². The number of nitrogens with two attached hydrogens (primary N) is 1. The molecule has 2 fully saturated rings. The molecule has 2 aliphatic heterocycles. The van der Waals surface area contributed by atoms with E-state index in [9.17, 15) is 13.2 Å². The summed E-state index contributed by atoms with van der Waals surface area (Å²) in [4.78, 5) is 0. The Morgan fingerprint density at radius 2 is 2.06 bits per heavy atom. The van der Waals surface area contributed by atoms with E-state index in [0.717, 1.165) is 19.3 Å². The first-order chi connectivity index (χ1) is 7.46. The number of hydrogen-bond acceptors (Lipinski definition) is 2. The van der Waals surface area contributed by atoms with E-state index in [1.165, 1.54) is 0 Å². The maximum absolute atomic E-state index is 12.0. The molecule has 2 aliphatic rings. The second-order valence-electron chi connectivity index (χ2n) is 4.94. The Morgan fingerprint density at radius 1 is 1.31 bits per heavy atom. The average Bonchev–Trinajstić information content (AvgIpc) is 2.76. The van der Waals surface area contributed by atoms with Gasteiger partial charge in [-0.2, -0.15) is 13.2 Å². The van der Waals surface area contributed by atoms with Gasteiger partial charge in [0.15, 0.2) is 0 Å². The van der Waals surface area contributed by atoms with Gasteiger partial charge in [0.2, 0.25) is 0 Å².